The second kappa shape index (κ2) is 4.63. The SMILES string of the molecule is CC(=O)OC(C)(C)c1cccc(C(F)(F)F)c1C. The smallest absolute Gasteiger partial charge is 0.416 e. The molecule has 0 fully saturated rings. The van der Waals surface area contributed by atoms with Gasteiger partial charge in [-0.1, -0.05) is 12.1 Å². The molecule has 0 heterocycles. The van der Waals surface area contributed by atoms with Crippen LogP contribution in [-0.2, 0) is 21.3 Å². The molecule has 0 bridgehead atoms. The van der Waals surface area contributed by atoms with Gasteiger partial charge in [0.1, 0.15) is 5.60 Å². The number of hydrogen-bond donors (Lipinski definition) is 0. The summed E-state index contributed by atoms with van der Waals surface area (Å²) in [5.74, 6) is -0.531. The molecule has 18 heavy (non-hydrogen) atoms. The van der Waals surface area contributed by atoms with E-state index in [0.717, 1.165) is 6.07 Å². The zero-order valence-corrected chi connectivity index (χ0v) is 10.7. The third-order valence-electron chi connectivity index (χ3n) is 2.69. The Hall–Kier alpha value is -1.52. The van der Waals surface area contributed by atoms with E-state index in [0.29, 0.717) is 5.56 Å². The van der Waals surface area contributed by atoms with Crippen LogP contribution >= 0.6 is 0 Å². The van der Waals surface area contributed by atoms with Crippen molar-refractivity contribution in [2.24, 2.45) is 0 Å². The standard InChI is InChI=1S/C13H15F3O2/c1-8-10(12(3,4)18-9(2)17)6-5-7-11(8)13(14,15)16/h5-7H,1-4H3. The molecule has 0 spiro atoms. The summed E-state index contributed by atoms with van der Waals surface area (Å²) in [7, 11) is 0. The van der Waals surface area contributed by atoms with E-state index in [1.807, 2.05) is 0 Å². The molecule has 0 aromatic heterocycles. The maximum atomic E-state index is 12.8. The molecule has 0 aliphatic rings. The fraction of sp³-hybridized carbons (Fsp3) is 0.462. The van der Waals surface area contributed by atoms with E-state index in [9.17, 15) is 18.0 Å². The van der Waals surface area contributed by atoms with Crippen molar-refractivity contribution in [1.82, 2.24) is 0 Å². The first-order valence-electron chi connectivity index (χ1n) is 5.42. The fourth-order valence-electron chi connectivity index (χ4n) is 2.01. The average molecular weight is 260 g/mol. The van der Waals surface area contributed by atoms with Gasteiger partial charge in [0.25, 0.3) is 0 Å². The Morgan fingerprint density at radius 2 is 1.67 bits per heavy atom. The van der Waals surface area contributed by atoms with Gasteiger partial charge in [0.05, 0.1) is 5.56 Å². The van der Waals surface area contributed by atoms with E-state index in [-0.39, 0.29) is 5.56 Å². The number of benzene rings is 1. The molecule has 0 saturated heterocycles. The van der Waals surface area contributed by atoms with Gasteiger partial charge in [0.2, 0.25) is 0 Å². The Balaban J connectivity index is 3.31. The van der Waals surface area contributed by atoms with Crippen molar-refractivity contribution < 1.29 is 22.7 Å². The molecule has 1 rings (SSSR count). The number of ether oxygens (including phenoxy) is 1. The largest absolute Gasteiger partial charge is 0.455 e. The van der Waals surface area contributed by atoms with Gasteiger partial charge in [-0.3, -0.25) is 4.79 Å². The molecule has 100 valence electrons. The number of rotatable bonds is 2. The predicted molar refractivity (Wildman–Crippen MR) is 61.0 cm³/mol. The Labute approximate surface area is 104 Å². The first-order valence-corrected chi connectivity index (χ1v) is 5.42. The molecular weight excluding hydrogens is 245 g/mol. The van der Waals surface area contributed by atoms with Crippen LogP contribution in [0, 0.1) is 6.92 Å². The summed E-state index contributed by atoms with van der Waals surface area (Å²) < 4.78 is 43.4. The third kappa shape index (κ3) is 3.03. The van der Waals surface area contributed by atoms with Crippen molar-refractivity contribution in [3.8, 4) is 0 Å². The fourth-order valence-corrected chi connectivity index (χ4v) is 2.01. The quantitative estimate of drug-likeness (QED) is 0.756. The van der Waals surface area contributed by atoms with Crippen LogP contribution in [0.15, 0.2) is 18.2 Å². The van der Waals surface area contributed by atoms with Crippen molar-refractivity contribution in [3.63, 3.8) is 0 Å². The highest BCUT2D eigenvalue weighted by Crippen LogP contribution is 2.36. The molecular formula is C13H15F3O2. The Morgan fingerprint density at radius 1 is 1.17 bits per heavy atom. The van der Waals surface area contributed by atoms with Crippen molar-refractivity contribution >= 4 is 5.97 Å². The predicted octanol–water partition coefficient (Wildman–Crippen LogP) is 3.81. The first kappa shape index (κ1) is 14.5. The summed E-state index contributed by atoms with van der Waals surface area (Å²) in [5.41, 5.74) is -1.36. The van der Waals surface area contributed by atoms with Crippen molar-refractivity contribution in [3.05, 3.63) is 34.9 Å². The van der Waals surface area contributed by atoms with Crippen LogP contribution in [-0.4, -0.2) is 5.97 Å². The highest BCUT2D eigenvalue weighted by atomic mass is 19.4. The molecule has 5 heteroatoms. The minimum Gasteiger partial charge on any atom is -0.455 e. The van der Waals surface area contributed by atoms with Crippen LogP contribution in [0.25, 0.3) is 0 Å². The van der Waals surface area contributed by atoms with Crippen molar-refractivity contribution in [1.29, 1.82) is 0 Å². The maximum absolute atomic E-state index is 12.8. The minimum absolute atomic E-state index is 0.0799. The molecule has 0 aliphatic carbocycles. The van der Waals surface area contributed by atoms with E-state index in [1.165, 1.54) is 26.0 Å². The number of hydrogen-bond acceptors (Lipinski definition) is 2. The van der Waals surface area contributed by atoms with Crippen LogP contribution in [0.3, 0.4) is 0 Å². The van der Waals surface area contributed by atoms with E-state index in [4.69, 9.17) is 4.74 Å². The van der Waals surface area contributed by atoms with E-state index < -0.39 is 23.3 Å². The summed E-state index contributed by atoms with van der Waals surface area (Å²) >= 11 is 0. The maximum Gasteiger partial charge on any atom is 0.416 e. The Bertz CT molecular complexity index is 462. The Morgan fingerprint density at radius 3 is 2.11 bits per heavy atom. The average Bonchev–Trinajstić information content (AvgIpc) is 2.13. The van der Waals surface area contributed by atoms with Gasteiger partial charge < -0.3 is 4.74 Å². The van der Waals surface area contributed by atoms with E-state index in [1.54, 1.807) is 13.8 Å². The summed E-state index contributed by atoms with van der Waals surface area (Å²) in [6.45, 7) is 5.74. The number of carbonyl (C=O) groups excluding carboxylic acids is 1. The highest BCUT2D eigenvalue weighted by molar-refractivity contribution is 5.67. The van der Waals surface area contributed by atoms with Gasteiger partial charge in [-0.15, -0.1) is 0 Å². The lowest BCUT2D eigenvalue weighted by atomic mass is 9.90. The molecule has 2 nitrogen and oxygen atoms in total. The van der Waals surface area contributed by atoms with Crippen molar-refractivity contribution in [2.75, 3.05) is 0 Å². The van der Waals surface area contributed by atoms with Crippen LogP contribution < -0.4 is 0 Å². The van der Waals surface area contributed by atoms with Crippen LogP contribution in [0.5, 0.6) is 0 Å². The lowest BCUT2D eigenvalue weighted by Crippen LogP contribution is -2.26. The summed E-state index contributed by atoms with van der Waals surface area (Å²) in [5, 5.41) is 0. The number of halogens is 3. The topological polar surface area (TPSA) is 26.3 Å². The number of carbonyl (C=O) groups is 1. The zero-order valence-electron chi connectivity index (χ0n) is 10.7. The monoisotopic (exact) mass is 260 g/mol. The van der Waals surface area contributed by atoms with Gasteiger partial charge in [0.15, 0.2) is 0 Å². The third-order valence-corrected chi connectivity index (χ3v) is 2.69. The molecule has 1 aromatic carbocycles. The first-order chi connectivity index (χ1) is 8.05. The lowest BCUT2D eigenvalue weighted by Gasteiger charge is -2.28. The summed E-state index contributed by atoms with van der Waals surface area (Å²) in [4.78, 5) is 11.0. The van der Waals surface area contributed by atoms with Gasteiger partial charge in [-0.2, -0.15) is 13.2 Å². The molecule has 1 aromatic rings. The van der Waals surface area contributed by atoms with Crippen LogP contribution in [0.1, 0.15) is 37.5 Å². The van der Waals surface area contributed by atoms with Gasteiger partial charge in [-0.25, -0.2) is 0 Å². The van der Waals surface area contributed by atoms with E-state index >= 15 is 0 Å². The van der Waals surface area contributed by atoms with Gasteiger partial charge in [-0.05, 0) is 38.0 Å². The highest BCUT2D eigenvalue weighted by Gasteiger charge is 2.35. The molecule has 0 unspecified atom stereocenters. The summed E-state index contributed by atoms with van der Waals surface area (Å²) in [6, 6.07) is 3.87. The normalized spacial score (nSPS) is 12.4. The van der Waals surface area contributed by atoms with Crippen LogP contribution in [0.4, 0.5) is 13.2 Å². The molecule has 0 amide bonds. The van der Waals surface area contributed by atoms with Crippen LogP contribution in [0.2, 0.25) is 0 Å². The number of alkyl halides is 3. The molecule has 0 N–H and O–H groups in total. The molecule has 0 aliphatic heterocycles. The Kier molecular flexibility index (Phi) is 3.74. The molecule has 0 saturated carbocycles. The summed E-state index contributed by atoms with van der Waals surface area (Å²) in [6.07, 6.45) is -4.41. The second-order valence-corrected chi connectivity index (χ2v) is 4.58. The second-order valence-electron chi connectivity index (χ2n) is 4.58. The number of esters is 1. The van der Waals surface area contributed by atoms with Gasteiger partial charge >= 0.3 is 12.1 Å². The van der Waals surface area contributed by atoms with Gasteiger partial charge in [0, 0.05) is 6.92 Å². The molecule has 0 atom stereocenters. The lowest BCUT2D eigenvalue weighted by molar-refractivity contribution is -0.154. The molecule has 0 radical (unpaired) electrons. The van der Waals surface area contributed by atoms with E-state index in [2.05, 4.69) is 0 Å². The zero-order chi connectivity index (χ0) is 14.1. The van der Waals surface area contributed by atoms with Crippen molar-refractivity contribution in [2.45, 2.75) is 39.5 Å². The minimum atomic E-state index is -4.41.